The van der Waals surface area contributed by atoms with Crippen LogP contribution in [0.3, 0.4) is 0 Å². The zero-order valence-corrected chi connectivity index (χ0v) is 12.3. The molecule has 0 unspecified atom stereocenters. The number of hydrogen-bond donors (Lipinski definition) is 2. The molecular formula is C16H18N2O3. The van der Waals surface area contributed by atoms with Crippen LogP contribution in [0.1, 0.15) is 22.3 Å². The highest BCUT2D eigenvalue weighted by Crippen LogP contribution is 2.26. The highest BCUT2D eigenvalue weighted by atomic mass is 16.6. The molecule has 0 fully saturated rings. The van der Waals surface area contributed by atoms with Crippen LogP contribution < -0.4 is 5.32 Å². The topological polar surface area (TPSA) is 75.4 Å². The summed E-state index contributed by atoms with van der Waals surface area (Å²) in [6.07, 6.45) is 0. The van der Waals surface area contributed by atoms with Crippen molar-refractivity contribution in [1.29, 1.82) is 0 Å². The number of benzene rings is 2. The average Bonchev–Trinajstić information content (AvgIpc) is 2.42. The average molecular weight is 286 g/mol. The van der Waals surface area contributed by atoms with Crippen molar-refractivity contribution >= 4 is 11.4 Å². The van der Waals surface area contributed by atoms with Gasteiger partial charge in [-0.3, -0.25) is 10.1 Å². The first-order valence-corrected chi connectivity index (χ1v) is 6.66. The van der Waals surface area contributed by atoms with Gasteiger partial charge in [0.25, 0.3) is 5.69 Å². The van der Waals surface area contributed by atoms with Crippen LogP contribution in [0.5, 0.6) is 5.75 Å². The number of nitro groups is 1. The number of anilines is 1. The zero-order valence-electron chi connectivity index (χ0n) is 12.3. The van der Waals surface area contributed by atoms with Crippen LogP contribution in [0.2, 0.25) is 0 Å². The van der Waals surface area contributed by atoms with Gasteiger partial charge < -0.3 is 10.4 Å². The van der Waals surface area contributed by atoms with Crippen LogP contribution in [0.25, 0.3) is 0 Å². The summed E-state index contributed by atoms with van der Waals surface area (Å²) in [5, 5.41) is 23.8. The van der Waals surface area contributed by atoms with Crippen molar-refractivity contribution in [2.24, 2.45) is 0 Å². The molecule has 0 saturated heterocycles. The number of aromatic hydroxyl groups is 1. The van der Waals surface area contributed by atoms with E-state index in [-0.39, 0.29) is 16.4 Å². The lowest BCUT2D eigenvalue weighted by Crippen LogP contribution is -2.02. The van der Waals surface area contributed by atoms with Gasteiger partial charge in [-0.2, -0.15) is 0 Å². The fraction of sp³-hybridized carbons (Fsp3) is 0.250. The third-order valence-corrected chi connectivity index (χ3v) is 3.50. The van der Waals surface area contributed by atoms with Gasteiger partial charge in [0.15, 0.2) is 0 Å². The van der Waals surface area contributed by atoms with E-state index in [1.165, 1.54) is 0 Å². The summed E-state index contributed by atoms with van der Waals surface area (Å²) in [5.41, 5.74) is 4.26. The minimum absolute atomic E-state index is 0.132. The maximum atomic E-state index is 10.9. The summed E-state index contributed by atoms with van der Waals surface area (Å²) in [7, 11) is 0. The van der Waals surface area contributed by atoms with Crippen LogP contribution in [-0.2, 0) is 6.54 Å². The van der Waals surface area contributed by atoms with Crippen molar-refractivity contribution in [3.05, 3.63) is 62.7 Å². The standard InChI is InChI=1S/C16H18N2O3/c1-10-4-5-13(8-15(10)18(20)21)9-17-14-6-12(3)16(19)7-11(14)2/h4-8,17,19H,9H2,1-3H3. The number of hydrogen-bond acceptors (Lipinski definition) is 4. The number of phenols is 1. The van der Waals surface area contributed by atoms with E-state index in [4.69, 9.17) is 0 Å². The Morgan fingerprint density at radius 2 is 1.81 bits per heavy atom. The Morgan fingerprint density at radius 1 is 1.10 bits per heavy atom. The second kappa shape index (κ2) is 5.83. The highest BCUT2D eigenvalue weighted by molar-refractivity contribution is 5.57. The molecule has 0 aliphatic rings. The first-order chi connectivity index (χ1) is 9.88. The van der Waals surface area contributed by atoms with Gasteiger partial charge in [0.05, 0.1) is 4.92 Å². The molecule has 0 radical (unpaired) electrons. The van der Waals surface area contributed by atoms with Gasteiger partial charge in [0.1, 0.15) is 5.75 Å². The Morgan fingerprint density at radius 3 is 2.48 bits per heavy atom. The third-order valence-electron chi connectivity index (χ3n) is 3.50. The van der Waals surface area contributed by atoms with E-state index in [0.717, 1.165) is 22.4 Å². The second-order valence-electron chi connectivity index (χ2n) is 5.19. The molecule has 0 aromatic heterocycles. The monoisotopic (exact) mass is 286 g/mol. The number of nitro benzene ring substituents is 1. The fourth-order valence-electron chi connectivity index (χ4n) is 2.15. The quantitative estimate of drug-likeness (QED) is 0.508. The molecule has 21 heavy (non-hydrogen) atoms. The number of nitrogens with one attached hydrogen (secondary N) is 1. The Labute approximate surface area is 123 Å². The van der Waals surface area contributed by atoms with Crippen molar-refractivity contribution < 1.29 is 10.0 Å². The molecule has 5 heteroatoms. The molecule has 0 aliphatic heterocycles. The van der Waals surface area contributed by atoms with Gasteiger partial charge in [-0.25, -0.2) is 0 Å². The van der Waals surface area contributed by atoms with Gasteiger partial charge in [-0.05, 0) is 49.6 Å². The number of rotatable bonds is 4. The summed E-state index contributed by atoms with van der Waals surface area (Å²) in [5.74, 6) is 0.268. The van der Waals surface area contributed by atoms with Crippen LogP contribution in [0.15, 0.2) is 30.3 Å². The molecule has 2 aromatic carbocycles. The minimum Gasteiger partial charge on any atom is -0.508 e. The maximum Gasteiger partial charge on any atom is 0.272 e. The Bertz CT molecular complexity index is 696. The molecule has 0 bridgehead atoms. The van der Waals surface area contributed by atoms with Crippen molar-refractivity contribution in [3.63, 3.8) is 0 Å². The molecular weight excluding hydrogens is 268 g/mol. The van der Waals surface area contributed by atoms with E-state index >= 15 is 0 Å². The summed E-state index contributed by atoms with van der Waals surface area (Å²) in [6.45, 7) is 5.95. The molecule has 5 nitrogen and oxygen atoms in total. The zero-order chi connectivity index (χ0) is 15.6. The first-order valence-electron chi connectivity index (χ1n) is 6.66. The summed E-state index contributed by atoms with van der Waals surface area (Å²) < 4.78 is 0. The Hall–Kier alpha value is -2.56. The van der Waals surface area contributed by atoms with Gasteiger partial charge >= 0.3 is 0 Å². The van der Waals surface area contributed by atoms with Crippen LogP contribution in [-0.4, -0.2) is 10.0 Å². The molecule has 2 rings (SSSR count). The highest BCUT2D eigenvalue weighted by Gasteiger charge is 2.11. The lowest BCUT2D eigenvalue weighted by atomic mass is 10.1. The van der Waals surface area contributed by atoms with Crippen molar-refractivity contribution in [2.45, 2.75) is 27.3 Å². The predicted octanol–water partition coefficient (Wildman–Crippen LogP) is 3.84. The smallest absolute Gasteiger partial charge is 0.272 e. The van der Waals surface area contributed by atoms with Crippen LogP contribution >= 0.6 is 0 Å². The third kappa shape index (κ3) is 3.31. The van der Waals surface area contributed by atoms with Crippen LogP contribution in [0.4, 0.5) is 11.4 Å². The van der Waals surface area contributed by atoms with E-state index in [1.807, 2.05) is 26.0 Å². The fourth-order valence-corrected chi connectivity index (χ4v) is 2.15. The largest absolute Gasteiger partial charge is 0.508 e. The number of aryl methyl sites for hydroxylation is 3. The van der Waals surface area contributed by atoms with E-state index in [1.54, 1.807) is 25.1 Å². The van der Waals surface area contributed by atoms with Crippen molar-refractivity contribution in [1.82, 2.24) is 0 Å². The second-order valence-corrected chi connectivity index (χ2v) is 5.19. The summed E-state index contributed by atoms with van der Waals surface area (Å²) in [4.78, 5) is 10.6. The lowest BCUT2D eigenvalue weighted by Gasteiger charge is -2.12. The Kier molecular flexibility index (Phi) is 4.12. The molecule has 0 spiro atoms. The van der Waals surface area contributed by atoms with Gasteiger partial charge in [0.2, 0.25) is 0 Å². The van der Waals surface area contributed by atoms with E-state index < -0.39 is 0 Å². The normalized spacial score (nSPS) is 10.4. The lowest BCUT2D eigenvalue weighted by molar-refractivity contribution is -0.385. The molecule has 0 atom stereocenters. The van der Waals surface area contributed by atoms with E-state index in [0.29, 0.717) is 12.1 Å². The maximum absolute atomic E-state index is 10.9. The molecule has 110 valence electrons. The first kappa shape index (κ1) is 14.8. The van der Waals surface area contributed by atoms with Gasteiger partial charge in [-0.15, -0.1) is 0 Å². The van der Waals surface area contributed by atoms with Gasteiger partial charge in [-0.1, -0.05) is 12.1 Å². The van der Waals surface area contributed by atoms with Crippen molar-refractivity contribution in [3.8, 4) is 5.75 Å². The molecule has 0 aliphatic carbocycles. The molecule has 2 N–H and O–H groups in total. The number of nitrogens with zero attached hydrogens (tertiary/aromatic N) is 1. The summed E-state index contributed by atoms with van der Waals surface area (Å²) >= 11 is 0. The van der Waals surface area contributed by atoms with Crippen molar-refractivity contribution in [2.75, 3.05) is 5.32 Å². The molecule has 2 aromatic rings. The van der Waals surface area contributed by atoms with Gasteiger partial charge in [0, 0.05) is 23.9 Å². The van der Waals surface area contributed by atoms with E-state index in [2.05, 4.69) is 5.32 Å². The molecule has 0 saturated carbocycles. The molecule has 0 amide bonds. The Balaban J connectivity index is 2.19. The SMILES string of the molecule is Cc1cc(NCc2ccc(C)c([N+](=O)[O-])c2)c(C)cc1O. The van der Waals surface area contributed by atoms with E-state index in [9.17, 15) is 15.2 Å². The minimum atomic E-state index is -0.366. The van der Waals surface area contributed by atoms with Crippen LogP contribution in [0, 0.1) is 30.9 Å². The summed E-state index contributed by atoms with van der Waals surface area (Å²) in [6, 6.07) is 8.79. The predicted molar refractivity (Wildman–Crippen MR) is 82.7 cm³/mol. The number of phenolic OH excluding ortho intramolecular Hbond substituents is 1. The molecule has 0 heterocycles.